The molecule has 2 aromatic rings. The molecule has 0 radical (unpaired) electrons. The minimum atomic E-state index is -0.681. The monoisotopic (exact) mass is 453 g/mol. The standard InChI is InChI=1S/C24H27N3O6/c1-4-5-6-7-12-33-21-11-8-17(14-23(21)32-3)13-18(16-25)24(28)26-20-10-9-19(27(29)30)15-22(20)31-2/h8-11,13-15H,4-7,12H2,1-3H3,(H,26,28)/b18-13+. The molecule has 33 heavy (non-hydrogen) atoms. The van der Waals surface area contributed by atoms with Crippen LogP contribution in [0.5, 0.6) is 17.2 Å². The van der Waals surface area contributed by atoms with Gasteiger partial charge in [-0.1, -0.05) is 32.3 Å². The summed E-state index contributed by atoms with van der Waals surface area (Å²) in [6.45, 7) is 2.72. The van der Waals surface area contributed by atoms with E-state index in [-0.39, 0.29) is 22.7 Å². The zero-order valence-electron chi connectivity index (χ0n) is 18.9. The third-order valence-electron chi connectivity index (χ3n) is 4.76. The summed E-state index contributed by atoms with van der Waals surface area (Å²) in [5.74, 6) is 0.510. The maximum atomic E-state index is 12.6. The van der Waals surface area contributed by atoms with E-state index in [0.29, 0.717) is 23.7 Å². The number of anilines is 1. The normalized spacial score (nSPS) is 10.8. The molecule has 2 aromatic carbocycles. The fraction of sp³-hybridized carbons (Fsp3) is 0.333. The second kappa shape index (κ2) is 12.7. The number of non-ortho nitro benzene ring substituents is 1. The van der Waals surface area contributed by atoms with Gasteiger partial charge < -0.3 is 19.5 Å². The zero-order valence-corrected chi connectivity index (χ0v) is 18.9. The Morgan fingerprint density at radius 1 is 1.09 bits per heavy atom. The summed E-state index contributed by atoms with van der Waals surface area (Å²) in [7, 11) is 2.85. The number of unbranched alkanes of at least 4 members (excludes halogenated alkanes) is 3. The van der Waals surface area contributed by atoms with Gasteiger partial charge in [0.05, 0.1) is 37.5 Å². The van der Waals surface area contributed by atoms with E-state index < -0.39 is 10.8 Å². The molecule has 9 nitrogen and oxygen atoms in total. The van der Waals surface area contributed by atoms with E-state index in [1.165, 1.54) is 38.5 Å². The highest BCUT2D eigenvalue weighted by molar-refractivity contribution is 6.10. The number of methoxy groups -OCH3 is 2. The molecule has 0 aliphatic rings. The van der Waals surface area contributed by atoms with Crippen LogP contribution in [-0.4, -0.2) is 31.7 Å². The number of rotatable bonds is 12. The molecule has 0 saturated carbocycles. The number of nitrogens with one attached hydrogen (secondary N) is 1. The summed E-state index contributed by atoms with van der Waals surface area (Å²) in [6, 6.07) is 10.8. The molecule has 0 bridgehead atoms. The van der Waals surface area contributed by atoms with E-state index in [1.54, 1.807) is 18.2 Å². The van der Waals surface area contributed by atoms with Crippen LogP contribution in [0.15, 0.2) is 42.0 Å². The minimum Gasteiger partial charge on any atom is -0.494 e. The molecule has 1 N–H and O–H groups in total. The minimum absolute atomic E-state index is 0.108. The Labute approximate surface area is 192 Å². The van der Waals surface area contributed by atoms with Crippen molar-refractivity contribution in [2.24, 2.45) is 0 Å². The number of nitriles is 1. The Bertz CT molecular complexity index is 1060. The molecular weight excluding hydrogens is 426 g/mol. The highest BCUT2D eigenvalue weighted by Gasteiger charge is 2.16. The first-order valence-corrected chi connectivity index (χ1v) is 10.5. The summed E-state index contributed by atoms with van der Waals surface area (Å²) in [5, 5.41) is 23.0. The Kier molecular flexibility index (Phi) is 9.71. The van der Waals surface area contributed by atoms with Crippen LogP contribution >= 0.6 is 0 Å². The van der Waals surface area contributed by atoms with Crippen LogP contribution in [0.25, 0.3) is 6.08 Å². The van der Waals surface area contributed by atoms with Crippen molar-refractivity contribution in [3.63, 3.8) is 0 Å². The van der Waals surface area contributed by atoms with Crippen molar-refractivity contribution in [1.82, 2.24) is 0 Å². The summed E-state index contributed by atoms with van der Waals surface area (Å²) in [6.07, 6.45) is 5.77. The third-order valence-corrected chi connectivity index (χ3v) is 4.76. The van der Waals surface area contributed by atoms with E-state index in [0.717, 1.165) is 25.7 Å². The molecule has 0 atom stereocenters. The predicted molar refractivity (Wildman–Crippen MR) is 124 cm³/mol. The van der Waals surface area contributed by atoms with Gasteiger partial charge in [-0.25, -0.2) is 0 Å². The van der Waals surface area contributed by atoms with Crippen LogP contribution < -0.4 is 19.5 Å². The number of nitrogens with zero attached hydrogens (tertiary/aromatic N) is 2. The molecule has 2 rings (SSSR count). The fourth-order valence-electron chi connectivity index (χ4n) is 3.01. The molecule has 0 fully saturated rings. The zero-order chi connectivity index (χ0) is 24.2. The smallest absolute Gasteiger partial charge is 0.273 e. The molecule has 1 amide bonds. The second-order valence-corrected chi connectivity index (χ2v) is 7.09. The molecule has 0 saturated heterocycles. The number of ether oxygens (including phenoxy) is 3. The molecule has 0 aliphatic heterocycles. The SMILES string of the molecule is CCCCCCOc1ccc(/C=C(\C#N)C(=O)Nc2ccc([N+](=O)[O-])cc2OC)cc1OC. The lowest BCUT2D eigenvalue weighted by Crippen LogP contribution is -2.14. The lowest BCUT2D eigenvalue weighted by molar-refractivity contribution is -0.384. The van der Waals surface area contributed by atoms with Crippen LogP contribution in [0.3, 0.4) is 0 Å². The Morgan fingerprint density at radius 3 is 2.48 bits per heavy atom. The van der Waals surface area contributed by atoms with Gasteiger partial charge in [0.2, 0.25) is 0 Å². The molecule has 0 aliphatic carbocycles. The summed E-state index contributed by atoms with van der Waals surface area (Å²) in [5.41, 5.74) is 0.442. The predicted octanol–water partition coefficient (Wildman–Crippen LogP) is 5.12. The van der Waals surface area contributed by atoms with Crippen molar-refractivity contribution in [3.05, 3.63) is 57.6 Å². The van der Waals surface area contributed by atoms with Crippen molar-refractivity contribution < 1.29 is 23.9 Å². The number of carbonyl (C=O) groups excluding carboxylic acids is 1. The van der Waals surface area contributed by atoms with Crippen molar-refractivity contribution in [2.75, 3.05) is 26.1 Å². The van der Waals surface area contributed by atoms with Crippen LogP contribution in [0.1, 0.15) is 38.2 Å². The third kappa shape index (κ3) is 7.25. The van der Waals surface area contributed by atoms with Gasteiger partial charge in [0.25, 0.3) is 11.6 Å². The van der Waals surface area contributed by atoms with E-state index in [2.05, 4.69) is 12.2 Å². The van der Waals surface area contributed by atoms with Gasteiger partial charge in [0.15, 0.2) is 11.5 Å². The van der Waals surface area contributed by atoms with Crippen molar-refractivity contribution in [1.29, 1.82) is 5.26 Å². The first-order valence-electron chi connectivity index (χ1n) is 10.5. The maximum absolute atomic E-state index is 12.6. The van der Waals surface area contributed by atoms with E-state index >= 15 is 0 Å². The van der Waals surface area contributed by atoms with E-state index in [4.69, 9.17) is 14.2 Å². The molecule has 174 valence electrons. The number of carbonyl (C=O) groups is 1. The summed E-state index contributed by atoms with van der Waals surface area (Å²) >= 11 is 0. The van der Waals surface area contributed by atoms with E-state index in [9.17, 15) is 20.2 Å². The highest BCUT2D eigenvalue weighted by atomic mass is 16.6. The highest BCUT2D eigenvalue weighted by Crippen LogP contribution is 2.31. The van der Waals surface area contributed by atoms with Gasteiger partial charge >= 0.3 is 0 Å². The van der Waals surface area contributed by atoms with Gasteiger partial charge in [-0.2, -0.15) is 5.26 Å². The van der Waals surface area contributed by atoms with Gasteiger partial charge in [0.1, 0.15) is 17.4 Å². The van der Waals surface area contributed by atoms with Crippen LogP contribution in [0.2, 0.25) is 0 Å². The lowest BCUT2D eigenvalue weighted by atomic mass is 10.1. The number of hydrogen-bond acceptors (Lipinski definition) is 7. The molecule has 0 unspecified atom stereocenters. The maximum Gasteiger partial charge on any atom is 0.273 e. The quantitative estimate of drug-likeness (QED) is 0.156. The number of nitro benzene ring substituents is 1. The number of benzene rings is 2. The number of hydrogen-bond donors (Lipinski definition) is 1. The van der Waals surface area contributed by atoms with Crippen molar-refractivity contribution >= 4 is 23.4 Å². The van der Waals surface area contributed by atoms with Crippen LogP contribution in [0.4, 0.5) is 11.4 Å². The Balaban J connectivity index is 2.17. The molecular formula is C24H27N3O6. The van der Waals surface area contributed by atoms with Crippen LogP contribution in [-0.2, 0) is 4.79 Å². The molecule has 0 spiro atoms. The number of amides is 1. The second-order valence-electron chi connectivity index (χ2n) is 7.09. The Hall–Kier alpha value is -4.06. The molecule has 9 heteroatoms. The Morgan fingerprint density at radius 2 is 1.85 bits per heavy atom. The first-order chi connectivity index (χ1) is 15.9. The largest absolute Gasteiger partial charge is 0.494 e. The fourth-order valence-corrected chi connectivity index (χ4v) is 3.01. The topological polar surface area (TPSA) is 124 Å². The van der Waals surface area contributed by atoms with Gasteiger partial charge in [0, 0.05) is 6.07 Å². The van der Waals surface area contributed by atoms with Gasteiger partial charge in [-0.15, -0.1) is 0 Å². The number of nitro groups is 1. The summed E-state index contributed by atoms with van der Waals surface area (Å²) < 4.78 is 16.3. The van der Waals surface area contributed by atoms with Gasteiger partial charge in [-0.3, -0.25) is 14.9 Å². The van der Waals surface area contributed by atoms with Crippen molar-refractivity contribution in [3.8, 4) is 23.3 Å². The lowest BCUT2D eigenvalue weighted by Gasteiger charge is -2.12. The average molecular weight is 453 g/mol. The molecule has 0 aromatic heterocycles. The summed E-state index contributed by atoms with van der Waals surface area (Å²) in [4.78, 5) is 23.0. The average Bonchev–Trinajstić information content (AvgIpc) is 2.82. The van der Waals surface area contributed by atoms with Crippen LogP contribution in [0, 0.1) is 21.4 Å². The molecule has 0 heterocycles. The van der Waals surface area contributed by atoms with Gasteiger partial charge in [-0.05, 0) is 36.3 Å². The van der Waals surface area contributed by atoms with Crippen molar-refractivity contribution in [2.45, 2.75) is 32.6 Å². The first kappa shape index (κ1) is 25.2. The van der Waals surface area contributed by atoms with E-state index in [1.807, 2.05) is 6.07 Å².